The van der Waals surface area contributed by atoms with Gasteiger partial charge in [-0.15, -0.1) is 0 Å². The first-order chi connectivity index (χ1) is 9.29. The second-order valence-electron chi connectivity index (χ2n) is 6.23. The standard InChI is InChI=1S/C15H23N3O2/c1-15(2,3)18-8-6-17(7-9-18)13-5-4-11(16)10-12(13)14(19)20/h4-5,10H,6-9,16H2,1-3H3,(H,19,20). The first kappa shape index (κ1) is 14.7. The summed E-state index contributed by atoms with van der Waals surface area (Å²) in [4.78, 5) is 15.9. The minimum absolute atomic E-state index is 0.156. The van der Waals surface area contributed by atoms with Crippen LogP contribution in [0.5, 0.6) is 0 Å². The highest BCUT2D eigenvalue weighted by atomic mass is 16.4. The molecule has 0 unspecified atom stereocenters. The van der Waals surface area contributed by atoms with Gasteiger partial charge in [0.2, 0.25) is 0 Å². The lowest BCUT2D eigenvalue weighted by molar-refractivity contribution is 0.0697. The molecule has 0 atom stereocenters. The van der Waals surface area contributed by atoms with Gasteiger partial charge in [0.25, 0.3) is 0 Å². The van der Waals surface area contributed by atoms with Crippen LogP contribution in [0.15, 0.2) is 18.2 Å². The first-order valence-corrected chi connectivity index (χ1v) is 6.92. The largest absolute Gasteiger partial charge is 0.478 e. The molecule has 5 heteroatoms. The lowest BCUT2D eigenvalue weighted by atomic mass is 10.0. The first-order valence-electron chi connectivity index (χ1n) is 6.92. The number of hydrogen-bond donors (Lipinski definition) is 2. The Kier molecular flexibility index (Phi) is 3.90. The number of rotatable bonds is 2. The van der Waals surface area contributed by atoms with Crippen molar-refractivity contribution in [1.29, 1.82) is 0 Å². The molecule has 1 aromatic rings. The van der Waals surface area contributed by atoms with Gasteiger partial charge in [0.05, 0.1) is 11.3 Å². The molecule has 1 aliphatic rings. The van der Waals surface area contributed by atoms with Crippen molar-refractivity contribution in [2.45, 2.75) is 26.3 Å². The summed E-state index contributed by atoms with van der Waals surface area (Å²) in [6.45, 7) is 10.2. The van der Waals surface area contributed by atoms with E-state index < -0.39 is 5.97 Å². The maximum Gasteiger partial charge on any atom is 0.337 e. The second-order valence-corrected chi connectivity index (χ2v) is 6.23. The predicted molar refractivity (Wildman–Crippen MR) is 81.4 cm³/mol. The van der Waals surface area contributed by atoms with Gasteiger partial charge >= 0.3 is 5.97 Å². The smallest absolute Gasteiger partial charge is 0.337 e. The number of carboxylic acid groups (broad SMARTS) is 1. The summed E-state index contributed by atoms with van der Waals surface area (Å²) in [7, 11) is 0. The number of anilines is 2. The third kappa shape index (κ3) is 3.04. The number of benzene rings is 1. The molecule has 1 heterocycles. The fraction of sp³-hybridized carbons (Fsp3) is 0.533. The summed E-state index contributed by atoms with van der Waals surface area (Å²) in [5.41, 5.74) is 7.38. The normalized spacial score (nSPS) is 17.2. The van der Waals surface area contributed by atoms with Crippen LogP contribution in [0.1, 0.15) is 31.1 Å². The Morgan fingerprint density at radius 2 is 1.80 bits per heavy atom. The van der Waals surface area contributed by atoms with Crippen molar-refractivity contribution < 1.29 is 9.90 Å². The van der Waals surface area contributed by atoms with Crippen molar-refractivity contribution in [2.24, 2.45) is 0 Å². The Morgan fingerprint density at radius 1 is 1.20 bits per heavy atom. The molecule has 110 valence electrons. The molecular formula is C15H23N3O2. The van der Waals surface area contributed by atoms with Gasteiger partial charge in [0.15, 0.2) is 0 Å². The lowest BCUT2D eigenvalue weighted by Crippen LogP contribution is -2.53. The zero-order chi connectivity index (χ0) is 14.9. The molecule has 1 aromatic carbocycles. The van der Waals surface area contributed by atoms with E-state index in [9.17, 15) is 9.90 Å². The Morgan fingerprint density at radius 3 is 2.30 bits per heavy atom. The number of aromatic carboxylic acids is 1. The molecular weight excluding hydrogens is 254 g/mol. The minimum Gasteiger partial charge on any atom is -0.478 e. The van der Waals surface area contributed by atoms with E-state index >= 15 is 0 Å². The van der Waals surface area contributed by atoms with Gasteiger partial charge < -0.3 is 15.7 Å². The highest BCUT2D eigenvalue weighted by Gasteiger charge is 2.27. The molecule has 0 aliphatic carbocycles. The van der Waals surface area contributed by atoms with Gasteiger partial charge in [-0.1, -0.05) is 0 Å². The van der Waals surface area contributed by atoms with Crippen molar-refractivity contribution in [1.82, 2.24) is 4.90 Å². The number of nitrogens with zero attached hydrogens (tertiary/aromatic N) is 2. The van der Waals surface area contributed by atoms with E-state index in [4.69, 9.17) is 5.73 Å². The van der Waals surface area contributed by atoms with Gasteiger partial charge in [-0.05, 0) is 39.0 Å². The van der Waals surface area contributed by atoms with Crippen LogP contribution < -0.4 is 10.6 Å². The van der Waals surface area contributed by atoms with Crippen LogP contribution >= 0.6 is 0 Å². The molecule has 0 bridgehead atoms. The molecule has 0 spiro atoms. The van der Waals surface area contributed by atoms with Crippen molar-refractivity contribution >= 4 is 17.3 Å². The van der Waals surface area contributed by atoms with E-state index in [1.54, 1.807) is 6.07 Å². The van der Waals surface area contributed by atoms with Crippen molar-refractivity contribution in [3.05, 3.63) is 23.8 Å². The molecule has 1 fully saturated rings. The molecule has 0 aromatic heterocycles. The Hall–Kier alpha value is -1.75. The monoisotopic (exact) mass is 277 g/mol. The molecule has 20 heavy (non-hydrogen) atoms. The van der Waals surface area contributed by atoms with Crippen LogP contribution in [0.4, 0.5) is 11.4 Å². The van der Waals surface area contributed by atoms with Crippen LogP contribution in [0, 0.1) is 0 Å². The molecule has 1 saturated heterocycles. The summed E-state index contributed by atoms with van der Waals surface area (Å²) < 4.78 is 0. The van der Waals surface area contributed by atoms with Crippen molar-refractivity contribution in [3.63, 3.8) is 0 Å². The molecule has 1 aliphatic heterocycles. The van der Waals surface area contributed by atoms with Gasteiger partial charge in [-0.2, -0.15) is 0 Å². The highest BCUT2D eigenvalue weighted by Crippen LogP contribution is 2.26. The summed E-state index contributed by atoms with van der Waals surface area (Å²) in [6, 6.07) is 5.11. The van der Waals surface area contributed by atoms with Gasteiger partial charge in [0, 0.05) is 37.4 Å². The van der Waals surface area contributed by atoms with Crippen LogP contribution in [0.3, 0.4) is 0 Å². The van der Waals surface area contributed by atoms with E-state index in [2.05, 4.69) is 30.6 Å². The SMILES string of the molecule is CC(C)(C)N1CCN(c2ccc(N)cc2C(=O)O)CC1. The number of carbonyl (C=O) groups is 1. The Bertz CT molecular complexity index is 500. The fourth-order valence-electron chi connectivity index (χ4n) is 2.62. The minimum atomic E-state index is -0.925. The maximum absolute atomic E-state index is 11.3. The molecule has 0 amide bonds. The third-order valence-corrected chi connectivity index (χ3v) is 3.82. The van der Waals surface area contributed by atoms with Gasteiger partial charge in [-0.3, -0.25) is 4.90 Å². The maximum atomic E-state index is 11.3. The molecule has 0 radical (unpaired) electrons. The van der Waals surface area contributed by atoms with Crippen LogP contribution in [0.2, 0.25) is 0 Å². The van der Waals surface area contributed by atoms with E-state index in [0.29, 0.717) is 5.69 Å². The molecule has 0 saturated carbocycles. The number of nitrogens with two attached hydrogens (primary N) is 1. The summed E-state index contributed by atoms with van der Waals surface area (Å²) >= 11 is 0. The quantitative estimate of drug-likeness (QED) is 0.808. The van der Waals surface area contributed by atoms with E-state index in [1.807, 2.05) is 6.07 Å². The zero-order valence-corrected chi connectivity index (χ0v) is 12.4. The summed E-state index contributed by atoms with van der Waals surface area (Å²) in [6.07, 6.45) is 0. The molecule has 2 rings (SSSR count). The summed E-state index contributed by atoms with van der Waals surface area (Å²) in [5.74, 6) is -0.925. The van der Waals surface area contributed by atoms with Gasteiger partial charge in [-0.25, -0.2) is 4.79 Å². The van der Waals surface area contributed by atoms with E-state index in [0.717, 1.165) is 31.9 Å². The number of piperazine rings is 1. The van der Waals surface area contributed by atoms with E-state index in [-0.39, 0.29) is 11.1 Å². The molecule has 5 nitrogen and oxygen atoms in total. The van der Waals surface area contributed by atoms with Crippen LogP contribution in [-0.4, -0.2) is 47.7 Å². The van der Waals surface area contributed by atoms with E-state index in [1.165, 1.54) is 6.07 Å². The fourth-order valence-corrected chi connectivity index (χ4v) is 2.62. The number of nitrogen functional groups attached to an aromatic ring is 1. The third-order valence-electron chi connectivity index (χ3n) is 3.82. The van der Waals surface area contributed by atoms with Crippen molar-refractivity contribution in [2.75, 3.05) is 36.8 Å². The van der Waals surface area contributed by atoms with Crippen LogP contribution in [0.25, 0.3) is 0 Å². The predicted octanol–water partition coefficient (Wildman–Crippen LogP) is 1.89. The average Bonchev–Trinajstić information content (AvgIpc) is 2.37. The number of carboxylic acids is 1. The average molecular weight is 277 g/mol. The summed E-state index contributed by atoms with van der Waals surface area (Å²) in [5, 5.41) is 9.31. The van der Waals surface area contributed by atoms with Crippen molar-refractivity contribution in [3.8, 4) is 0 Å². The number of hydrogen-bond acceptors (Lipinski definition) is 4. The second kappa shape index (κ2) is 5.32. The Balaban J connectivity index is 2.17. The van der Waals surface area contributed by atoms with Gasteiger partial charge in [0.1, 0.15) is 0 Å². The topological polar surface area (TPSA) is 69.8 Å². The zero-order valence-electron chi connectivity index (χ0n) is 12.4. The highest BCUT2D eigenvalue weighted by molar-refractivity contribution is 5.95. The Labute approximate surface area is 120 Å². The molecule has 3 N–H and O–H groups in total. The lowest BCUT2D eigenvalue weighted by Gasteiger charge is -2.43. The van der Waals surface area contributed by atoms with Crippen LogP contribution in [-0.2, 0) is 0 Å².